The minimum atomic E-state index is -0.259. The number of halogens is 1. The number of methoxy groups -OCH3 is 1. The van der Waals surface area contributed by atoms with E-state index < -0.39 is 0 Å². The minimum absolute atomic E-state index is 0. The van der Waals surface area contributed by atoms with Crippen LogP contribution in [0.2, 0.25) is 0 Å². The molecule has 0 bridgehead atoms. The Balaban J connectivity index is 0.00000156. The molecule has 1 fully saturated rings. The Morgan fingerprint density at radius 3 is 2.83 bits per heavy atom. The van der Waals surface area contributed by atoms with Crippen molar-refractivity contribution in [3.63, 3.8) is 0 Å². The first kappa shape index (κ1) is 16.2. The van der Waals surface area contributed by atoms with Crippen LogP contribution in [-0.2, 0) is 5.60 Å². The van der Waals surface area contributed by atoms with Gasteiger partial charge in [-0.05, 0) is 30.8 Å². The SMILES string of the molecule is COc1cccc([C@@]23CCN(C)C[C@@H]2c2ccccc2O3)c1.Cl. The normalized spacial score (nSPS) is 25.7. The summed E-state index contributed by atoms with van der Waals surface area (Å²) in [6.45, 7) is 2.07. The average Bonchev–Trinajstić information content (AvgIpc) is 2.90. The van der Waals surface area contributed by atoms with E-state index in [0.29, 0.717) is 5.92 Å². The molecule has 4 rings (SSSR count). The summed E-state index contributed by atoms with van der Waals surface area (Å²) in [5, 5.41) is 0. The summed E-state index contributed by atoms with van der Waals surface area (Å²) >= 11 is 0. The number of para-hydroxylation sites is 1. The van der Waals surface area contributed by atoms with Gasteiger partial charge in [0.2, 0.25) is 0 Å². The molecule has 0 N–H and O–H groups in total. The molecule has 0 radical (unpaired) electrons. The number of benzene rings is 2. The fraction of sp³-hybridized carbons (Fsp3) is 0.368. The van der Waals surface area contributed by atoms with E-state index in [9.17, 15) is 0 Å². The quantitative estimate of drug-likeness (QED) is 0.835. The summed E-state index contributed by atoms with van der Waals surface area (Å²) in [5.74, 6) is 2.30. The number of likely N-dealkylation sites (N-methyl/N-ethyl adjacent to an activating group) is 1. The predicted octanol–water partition coefficient (Wildman–Crippen LogP) is 3.82. The lowest BCUT2D eigenvalue weighted by atomic mass is 9.74. The molecular formula is C19H22ClNO2. The number of hydrogen-bond acceptors (Lipinski definition) is 3. The molecule has 1 saturated heterocycles. The van der Waals surface area contributed by atoms with Gasteiger partial charge in [0.05, 0.1) is 7.11 Å². The molecule has 2 atom stereocenters. The molecule has 2 aromatic carbocycles. The Kier molecular flexibility index (Phi) is 4.26. The Morgan fingerprint density at radius 1 is 1.17 bits per heavy atom. The molecule has 0 aliphatic carbocycles. The third-order valence-corrected chi connectivity index (χ3v) is 5.07. The molecule has 2 heterocycles. The second kappa shape index (κ2) is 6.06. The lowest BCUT2D eigenvalue weighted by molar-refractivity contribution is 0.00688. The van der Waals surface area contributed by atoms with Gasteiger partial charge < -0.3 is 14.4 Å². The topological polar surface area (TPSA) is 21.7 Å². The molecule has 0 unspecified atom stereocenters. The van der Waals surface area contributed by atoms with Crippen LogP contribution >= 0.6 is 12.4 Å². The Bertz CT molecular complexity index is 705. The van der Waals surface area contributed by atoms with Crippen LogP contribution in [-0.4, -0.2) is 32.1 Å². The predicted molar refractivity (Wildman–Crippen MR) is 93.8 cm³/mol. The summed E-state index contributed by atoms with van der Waals surface area (Å²) in [5.41, 5.74) is 2.29. The highest BCUT2D eigenvalue weighted by molar-refractivity contribution is 5.85. The van der Waals surface area contributed by atoms with Crippen molar-refractivity contribution in [2.45, 2.75) is 17.9 Å². The van der Waals surface area contributed by atoms with Crippen molar-refractivity contribution in [1.29, 1.82) is 0 Å². The largest absolute Gasteiger partial charge is 0.497 e. The highest BCUT2D eigenvalue weighted by Crippen LogP contribution is 2.54. The highest BCUT2D eigenvalue weighted by atomic mass is 35.5. The van der Waals surface area contributed by atoms with Gasteiger partial charge in [-0.15, -0.1) is 12.4 Å². The van der Waals surface area contributed by atoms with Crippen LogP contribution < -0.4 is 9.47 Å². The monoisotopic (exact) mass is 331 g/mol. The van der Waals surface area contributed by atoms with Gasteiger partial charge >= 0.3 is 0 Å². The third-order valence-electron chi connectivity index (χ3n) is 5.07. The fourth-order valence-electron chi connectivity index (χ4n) is 3.90. The second-order valence-corrected chi connectivity index (χ2v) is 6.33. The lowest BCUT2D eigenvalue weighted by Crippen LogP contribution is -2.47. The molecule has 23 heavy (non-hydrogen) atoms. The summed E-state index contributed by atoms with van der Waals surface area (Å²) in [6.07, 6.45) is 0.996. The molecule has 3 nitrogen and oxygen atoms in total. The standard InChI is InChI=1S/C19H21NO2.ClH/c1-20-11-10-19(14-6-5-7-15(12-14)21-2)17(13-20)16-8-3-4-9-18(16)22-19;/h3-9,12,17H,10-11,13H2,1-2H3;1H/t17-,19+;/m1./s1. The van der Waals surface area contributed by atoms with Gasteiger partial charge in [-0.3, -0.25) is 0 Å². The fourth-order valence-corrected chi connectivity index (χ4v) is 3.90. The molecule has 2 aliphatic heterocycles. The van der Waals surface area contributed by atoms with Crippen molar-refractivity contribution in [1.82, 2.24) is 4.90 Å². The highest BCUT2D eigenvalue weighted by Gasteiger charge is 2.52. The minimum Gasteiger partial charge on any atom is -0.497 e. The van der Waals surface area contributed by atoms with Crippen molar-refractivity contribution in [3.8, 4) is 11.5 Å². The van der Waals surface area contributed by atoms with Gasteiger partial charge in [-0.25, -0.2) is 0 Å². The van der Waals surface area contributed by atoms with Gasteiger partial charge in [0.1, 0.15) is 17.1 Å². The molecule has 2 aromatic rings. The van der Waals surface area contributed by atoms with Crippen molar-refractivity contribution < 1.29 is 9.47 Å². The maximum absolute atomic E-state index is 6.55. The van der Waals surface area contributed by atoms with E-state index in [4.69, 9.17) is 9.47 Å². The van der Waals surface area contributed by atoms with Gasteiger partial charge in [0, 0.05) is 31.0 Å². The van der Waals surface area contributed by atoms with Gasteiger partial charge in [0.25, 0.3) is 0 Å². The van der Waals surface area contributed by atoms with E-state index in [-0.39, 0.29) is 18.0 Å². The van der Waals surface area contributed by atoms with E-state index in [1.165, 1.54) is 11.1 Å². The van der Waals surface area contributed by atoms with E-state index in [1.807, 2.05) is 6.07 Å². The smallest absolute Gasteiger partial charge is 0.143 e. The molecule has 122 valence electrons. The Morgan fingerprint density at radius 2 is 2.00 bits per heavy atom. The average molecular weight is 332 g/mol. The molecule has 4 heteroatoms. The summed E-state index contributed by atoms with van der Waals surface area (Å²) in [7, 11) is 3.91. The number of nitrogens with zero attached hydrogens (tertiary/aromatic N) is 1. The first-order valence-electron chi connectivity index (χ1n) is 7.84. The summed E-state index contributed by atoms with van der Waals surface area (Å²) < 4.78 is 12.0. The zero-order chi connectivity index (χ0) is 15.2. The zero-order valence-corrected chi connectivity index (χ0v) is 14.3. The number of ether oxygens (including phenoxy) is 2. The molecular weight excluding hydrogens is 310 g/mol. The van der Waals surface area contributed by atoms with Crippen molar-refractivity contribution >= 4 is 12.4 Å². The van der Waals surface area contributed by atoms with Crippen molar-refractivity contribution in [2.75, 3.05) is 27.2 Å². The van der Waals surface area contributed by atoms with Crippen LogP contribution in [0.25, 0.3) is 0 Å². The summed E-state index contributed by atoms with van der Waals surface area (Å²) in [4.78, 5) is 2.40. The Hall–Kier alpha value is -1.71. The van der Waals surface area contributed by atoms with Crippen molar-refractivity contribution in [3.05, 3.63) is 59.7 Å². The molecule has 2 aliphatic rings. The van der Waals surface area contributed by atoms with Gasteiger partial charge in [0.15, 0.2) is 0 Å². The molecule has 0 saturated carbocycles. The van der Waals surface area contributed by atoms with E-state index >= 15 is 0 Å². The molecule has 0 spiro atoms. The number of rotatable bonds is 2. The van der Waals surface area contributed by atoms with Gasteiger partial charge in [-0.2, -0.15) is 0 Å². The maximum Gasteiger partial charge on any atom is 0.143 e. The first-order valence-corrected chi connectivity index (χ1v) is 7.84. The van der Waals surface area contributed by atoms with Crippen LogP contribution in [0.15, 0.2) is 48.5 Å². The molecule has 0 amide bonds. The number of hydrogen-bond donors (Lipinski definition) is 0. The van der Waals surface area contributed by atoms with Crippen LogP contribution in [0.3, 0.4) is 0 Å². The number of fused-ring (bicyclic) bond motifs is 3. The lowest BCUT2D eigenvalue weighted by Gasteiger charge is -2.42. The van der Waals surface area contributed by atoms with E-state index in [1.54, 1.807) is 7.11 Å². The van der Waals surface area contributed by atoms with E-state index in [0.717, 1.165) is 31.0 Å². The first-order chi connectivity index (χ1) is 10.7. The molecule has 0 aromatic heterocycles. The second-order valence-electron chi connectivity index (χ2n) is 6.33. The maximum atomic E-state index is 6.55. The van der Waals surface area contributed by atoms with E-state index in [2.05, 4.69) is 54.4 Å². The van der Waals surface area contributed by atoms with Crippen LogP contribution in [0, 0.1) is 0 Å². The van der Waals surface area contributed by atoms with Crippen molar-refractivity contribution in [2.24, 2.45) is 0 Å². The third kappa shape index (κ3) is 2.48. The summed E-state index contributed by atoms with van der Waals surface area (Å²) in [6, 6.07) is 16.8. The number of piperidine rings is 1. The van der Waals surface area contributed by atoms with Gasteiger partial charge in [-0.1, -0.05) is 30.3 Å². The zero-order valence-electron chi connectivity index (χ0n) is 13.5. The Labute approximate surface area is 143 Å². The van der Waals surface area contributed by atoms with Crippen LogP contribution in [0.4, 0.5) is 0 Å². The number of likely N-dealkylation sites (tertiary alicyclic amines) is 1. The van der Waals surface area contributed by atoms with Crippen LogP contribution in [0.1, 0.15) is 23.5 Å². The van der Waals surface area contributed by atoms with Crippen LogP contribution in [0.5, 0.6) is 11.5 Å².